The van der Waals surface area contributed by atoms with Gasteiger partial charge in [0.25, 0.3) is 0 Å². The molecular weight excluding hydrogens is 720 g/mol. The van der Waals surface area contributed by atoms with E-state index in [0.717, 1.165) is 11.1 Å². The summed E-state index contributed by atoms with van der Waals surface area (Å²) in [4.78, 5) is 66.2. The number of fused-ring (bicyclic) bond motifs is 5. The van der Waals surface area contributed by atoms with Crippen LogP contribution < -0.4 is 15.0 Å². The van der Waals surface area contributed by atoms with Crippen molar-refractivity contribution in [3.63, 3.8) is 0 Å². The van der Waals surface area contributed by atoms with E-state index in [9.17, 15) is 29.2 Å². The number of hydrogen-bond acceptors (Lipinski definition) is 13. The van der Waals surface area contributed by atoms with Crippen molar-refractivity contribution < 1.29 is 48.0 Å². The SMILES string of the molecule is COc1cc2cc(c1Cl)N(C)C(=O)C[C@@H](OC(=O)[C@H](C)N(C)C(=O)CCSN=O)C1(C)OC1[C@H](C)[C@@H]1C[C@@](O)(NC(=O)O1)[C@H](OC)/C=C\C=C(/C)C2. The summed E-state index contributed by atoms with van der Waals surface area (Å²) in [5, 5.41) is 14.4. The summed E-state index contributed by atoms with van der Waals surface area (Å²) in [7, 11) is 5.88. The number of nitrogens with one attached hydrogen (secondary N) is 1. The van der Waals surface area contributed by atoms with Crippen molar-refractivity contribution in [1.82, 2.24) is 10.2 Å². The van der Waals surface area contributed by atoms with Gasteiger partial charge in [0, 0.05) is 62.2 Å². The normalized spacial score (nSPS) is 31.5. The number of epoxide rings is 1. The van der Waals surface area contributed by atoms with Gasteiger partial charge in [-0.1, -0.05) is 42.3 Å². The van der Waals surface area contributed by atoms with Gasteiger partial charge in [-0.05, 0) is 44.9 Å². The van der Waals surface area contributed by atoms with Crippen LogP contribution in [0.25, 0.3) is 0 Å². The average molecular weight is 767 g/mol. The van der Waals surface area contributed by atoms with Gasteiger partial charge in [-0.2, -0.15) is 0 Å². The molecule has 0 aromatic heterocycles. The van der Waals surface area contributed by atoms with Crippen LogP contribution in [0.2, 0.25) is 5.02 Å². The van der Waals surface area contributed by atoms with Crippen LogP contribution in [-0.4, -0.2) is 110 Å². The van der Waals surface area contributed by atoms with E-state index in [1.807, 2.05) is 13.0 Å². The lowest BCUT2D eigenvalue weighted by Crippen LogP contribution is -2.63. The molecule has 0 radical (unpaired) electrons. The van der Waals surface area contributed by atoms with Crippen molar-refractivity contribution in [1.29, 1.82) is 0 Å². The van der Waals surface area contributed by atoms with E-state index in [4.69, 9.17) is 35.3 Å². The molecule has 2 saturated heterocycles. The van der Waals surface area contributed by atoms with Crippen molar-refractivity contribution in [2.45, 2.75) is 95.2 Å². The summed E-state index contributed by atoms with van der Waals surface area (Å²) in [6, 6.07) is 2.49. The quantitative estimate of drug-likeness (QED) is 0.119. The fourth-order valence-corrected chi connectivity index (χ4v) is 7.22. The van der Waals surface area contributed by atoms with Gasteiger partial charge in [0.15, 0.2) is 5.72 Å². The maximum Gasteiger partial charge on any atom is 0.409 e. The number of rotatable bonds is 9. The van der Waals surface area contributed by atoms with Gasteiger partial charge in [0.05, 0.1) is 25.3 Å². The molecule has 15 nitrogen and oxygen atoms in total. The fourth-order valence-electron chi connectivity index (χ4n) is 6.56. The predicted octanol–water partition coefficient (Wildman–Crippen LogP) is 4.32. The molecule has 2 N–H and O–H groups in total. The molecule has 0 spiro atoms. The number of likely N-dealkylation sites (N-methyl/N-ethyl adjacent to an activating group) is 1. The van der Waals surface area contributed by atoms with Gasteiger partial charge >= 0.3 is 12.1 Å². The Kier molecular flexibility index (Phi) is 13.4. The Bertz CT molecular complexity index is 1610. The van der Waals surface area contributed by atoms with E-state index in [2.05, 4.69) is 9.90 Å². The van der Waals surface area contributed by atoms with Gasteiger partial charge in [0.1, 0.15) is 40.7 Å². The molecule has 4 bridgehead atoms. The first-order chi connectivity index (χ1) is 24.5. The van der Waals surface area contributed by atoms with E-state index < -0.39 is 71.6 Å². The Balaban J connectivity index is 1.75. The number of nitroso groups, excluding NO2 is 1. The first kappa shape index (κ1) is 41.1. The second-order valence-electron chi connectivity index (χ2n) is 13.6. The van der Waals surface area contributed by atoms with Gasteiger partial charge in [0.2, 0.25) is 11.8 Å². The number of halogens is 1. The highest BCUT2D eigenvalue weighted by atomic mass is 35.5. The molecule has 52 heavy (non-hydrogen) atoms. The minimum Gasteiger partial charge on any atom is -0.495 e. The van der Waals surface area contributed by atoms with Crippen molar-refractivity contribution in [2.24, 2.45) is 10.5 Å². The van der Waals surface area contributed by atoms with Crippen molar-refractivity contribution in [3.05, 3.63) is 51.4 Å². The van der Waals surface area contributed by atoms with E-state index >= 15 is 0 Å². The highest BCUT2D eigenvalue weighted by Gasteiger charge is 2.64. The summed E-state index contributed by atoms with van der Waals surface area (Å²) < 4.78 is 31.7. The third-order valence-electron chi connectivity index (χ3n) is 9.98. The predicted molar refractivity (Wildman–Crippen MR) is 194 cm³/mol. The zero-order valence-electron chi connectivity index (χ0n) is 30.5. The Morgan fingerprint density at radius 1 is 1.29 bits per heavy atom. The molecule has 1 aromatic rings. The number of benzene rings is 1. The number of allylic oxidation sites excluding steroid dienone is 3. The molecule has 4 rings (SSSR count). The number of anilines is 1. The molecule has 0 saturated carbocycles. The van der Waals surface area contributed by atoms with Crippen LogP contribution >= 0.6 is 23.5 Å². The molecular formula is C35H47ClN4O11S. The van der Waals surface area contributed by atoms with E-state index in [-0.39, 0.29) is 30.0 Å². The number of aliphatic hydroxyl groups is 1. The molecule has 2 fully saturated rings. The maximum atomic E-state index is 14.1. The lowest BCUT2D eigenvalue weighted by molar-refractivity contribution is -0.162. The lowest BCUT2D eigenvalue weighted by atomic mass is 9.83. The highest BCUT2D eigenvalue weighted by molar-refractivity contribution is 7.97. The van der Waals surface area contributed by atoms with Crippen LogP contribution in [0.15, 0.2) is 40.5 Å². The smallest absolute Gasteiger partial charge is 0.409 e. The number of esters is 1. The molecule has 3 aliphatic heterocycles. The number of alkyl carbamates (subject to hydrolysis) is 1. The third kappa shape index (κ3) is 9.08. The first-order valence-corrected chi connectivity index (χ1v) is 18.1. The Labute approximate surface area is 312 Å². The zero-order valence-corrected chi connectivity index (χ0v) is 32.1. The number of amides is 3. The van der Waals surface area contributed by atoms with Crippen LogP contribution in [0.1, 0.15) is 52.5 Å². The maximum absolute atomic E-state index is 14.1. The van der Waals surface area contributed by atoms with Gasteiger partial charge in [-0.3, -0.25) is 14.9 Å². The molecule has 17 heteroatoms. The number of nitrogens with zero attached hydrogens (tertiary/aromatic N) is 3. The topological polar surface area (TPSA) is 186 Å². The summed E-state index contributed by atoms with van der Waals surface area (Å²) in [6.45, 7) is 6.86. The second kappa shape index (κ2) is 17.0. The average Bonchev–Trinajstić information content (AvgIpc) is 3.80. The fraction of sp³-hybridized carbons (Fsp3) is 0.600. The van der Waals surface area contributed by atoms with Crippen molar-refractivity contribution in [2.75, 3.05) is 39.0 Å². The summed E-state index contributed by atoms with van der Waals surface area (Å²) in [5.41, 5.74) is -1.02. The van der Waals surface area contributed by atoms with Gasteiger partial charge in [-0.15, -0.1) is 4.91 Å². The molecule has 3 heterocycles. The molecule has 286 valence electrons. The monoisotopic (exact) mass is 766 g/mol. The number of methoxy groups -OCH3 is 2. The van der Waals surface area contributed by atoms with Gasteiger partial charge in [-0.25, -0.2) is 9.59 Å². The van der Waals surface area contributed by atoms with E-state index in [1.165, 1.54) is 38.0 Å². The number of carbonyl (C=O) groups is 4. The van der Waals surface area contributed by atoms with Crippen LogP contribution in [-0.2, 0) is 39.8 Å². The highest BCUT2D eigenvalue weighted by Crippen LogP contribution is 2.49. The summed E-state index contributed by atoms with van der Waals surface area (Å²) in [6.07, 6.45) is 0.675. The second-order valence-corrected chi connectivity index (χ2v) is 14.8. The van der Waals surface area contributed by atoms with Crippen molar-refractivity contribution in [3.8, 4) is 5.75 Å². The Morgan fingerprint density at radius 2 is 2.00 bits per heavy atom. The molecule has 1 aromatic carbocycles. The Hall–Kier alpha value is -3.70. The van der Waals surface area contributed by atoms with E-state index in [1.54, 1.807) is 45.2 Å². The molecule has 0 aliphatic carbocycles. The largest absolute Gasteiger partial charge is 0.495 e. The molecule has 8 atom stereocenters. The van der Waals surface area contributed by atoms with Crippen LogP contribution in [0.5, 0.6) is 5.75 Å². The number of carbonyl (C=O) groups excluding carboxylic acids is 4. The molecule has 3 amide bonds. The standard InChI is InChI=1S/C35H47ClN4O11S/c1-19-10-9-11-26(48-8)35(45)18-25(49-33(44)37-35)20(2)31-34(4,51-31)27(50-32(43)21(3)39(5)28(41)12-13-52-38-46)17-29(42)40(6)23-15-22(14-19)16-24(47-7)30(23)36/h9-11,15-16,20-21,25-27,31,45H,12-14,17-18H2,1-8H3,(H,37,44)/b11-9-,19-10+/t20-,21+,25+,26-,27-,31?,34?,35+/m1/s1. The third-order valence-corrected chi connectivity index (χ3v) is 10.9. The van der Waals surface area contributed by atoms with Crippen molar-refractivity contribution >= 4 is 53.1 Å². The summed E-state index contributed by atoms with van der Waals surface area (Å²) in [5.74, 6) is -1.72. The van der Waals surface area contributed by atoms with Crippen LogP contribution in [0.3, 0.4) is 0 Å². The number of hydrogen-bond donors (Lipinski definition) is 2. The molecule has 2 unspecified atom stereocenters. The molecule has 3 aliphatic rings. The lowest BCUT2D eigenvalue weighted by Gasteiger charge is -2.42. The number of ether oxygens (including phenoxy) is 5. The minimum atomic E-state index is -1.84. The van der Waals surface area contributed by atoms with Gasteiger partial charge < -0.3 is 38.6 Å². The van der Waals surface area contributed by atoms with E-state index in [0.29, 0.717) is 29.8 Å². The van der Waals surface area contributed by atoms with Crippen LogP contribution in [0.4, 0.5) is 10.5 Å². The first-order valence-electron chi connectivity index (χ1n) is 16.8. The zero-order chi connectivity index (χ0) is 38.5. The van der Waals surface area contributed by atoms with Crippen LogP contribution in [0, 0.1) is 10.8 Å². The minimum absolute atomic E-state index is 0.0305. The summed E-state index contributed by atoms with van der Waals surface area (Å²) >= 11 is 7.43. The Morgan fingerprint density at radius 3 is 2.65 bits per heavy atom.